The Balaban J connectivity index is 3.38. The standard InChI is InChI=1S/C8H8F2N2O2/c9-8(10)6-4(1-11)2-12-5(3-13)7(6)14/h2-3,8,14H,1,11H2. The first kappa shape index (κ1) is 10.5. The molecule has 0 fully saturated rings. The highest BCUT2D eigenvalue weighted by Gasteiger charge is 2.20. The number of rotatable bonds is 3. The van der Waals surface area contributed by atoms with Crippen LogP contribution in [0.15, 0.2) is 6.20 Å². The lowest BCUT2D eigenvalue weighted by atomic mass is 10.1. The number of halogens is 2. The Kier molecular flexibility index (Phi) is 3.08. The van der Waals surface area contributed by atoms with Crippen LogP contribution in [0.25, 0.3) is 0 Å². The van der Waals surface area contributed by atoms with Gasteiger partial charge in [0.1, 0.15) is 5.69 Å². The summed E-state index contributed by atoms with van der Waals surface area (Å²) in [6, 6.07) is 0. The number of hydrogen-bond donors (Lipinski definition) is 2. The Labute approximate surface area is 78.4 Å². The number of hydrogen-bond acceptors (Lipinski definition) is 4. The first-order valence-electron chi connectivity index (χ1n) is 3.76. The summed E-state index contributed by atoms with van der Waals surface area (Å²) < 4.78 is 24.9. The third-order valence-corrected chi connectivity index (χ3v) is 1.75. The summed E-state index contributed by atoms with van der Waals surface area (Å²) in [5, 5.41) is 9.24. The van der Waals surface area contributed by atoms with Gasteiger partial charge in [0.05, 0.1) is 5.56 Å². The summed E-state index contributed by atoms with van der Waals surface area (Å²) in [5.41, 5.74) is 4.18. The molecule has 6 heteroatoms. The van der Waals surface area contributed by atoms with Gasteiger partial charge in [-0.2, -0.15) is 0 Å². The number of aromatic hydroxyl groups is 1. The van der Waals surface area contributed by atoms with Crippen LogP contribution < -0.4 is 5.73 Å². The van der Waals surface area contributed by atoms with Crippen LogP contribution in [0.1, 0.15) is 28.0 Å². The maximum atomic E-state index is 12.4. The van der Waals surface area contributed by atoms with Gasteiger partial charge in [-0.05, 0) is 5.56 Å². The van der Waals surface area contributed by atoms with E-state index >= 15 is 0 Å². The number of alkyl halides is 2. The maximum Gasteiger partial charge on any atom is 0.267 e. The minimum atomic E-state index is -2.88. The van der Waals surface area contributed by atoms with E-state index < -0.39 is 23.4 Å². The Morgan fingerprint density at radius 2 is 2.29 bits per heavy atom. The SMILES string of the molecule is NCc1cnc(C=O)c(O)c1C(F)F. The predicted octanol–water partition coefficient (Wildman–Crippen LogP) is 0.996. The molecule has 1 heterocycles. The zero-order chi connectivity index (χ0) is 10.7. The van der Waals surface area contributed by atoms with E-state index in [4.69, 9.17) is 5.73 Å². The molecule has 0 saturated carbocycles. The molecule has 0 aromatic carbocycles. The fraction of sp³-hybridized carbons (Fsp3) is 0.250. The van der Waals surface area contributed by atoms with E-state index in [2.05, 4.69) is 4.98 Å². The third kappa shape index (κ3) is 1.69. The van der Waals surface area contributed by atoms with Gasteiger partial charge in [0.15, 0.2) is 12.0 Å². The van der Waals surface area contributed by atoms with Crippen molar-refractivity contribution in [1.82, 2.24) is 4.98 Å². The molecule has 1 aromatic rings. The third-order valence-electron chi connectivity index (χ3n) is 1.75. The Morgan fingerprint density at radius 1 is 1.64 bits per heavy atom. The van der Waals surface area contributed by atoms with Crippen molar-refractivity contribution in [3.63, 3.8) is 0 Å². The van der Waals surface area contributed by atoms with Crippen molar-refractivity contribution < 1.29 is 18.7 Å². The van der Waals surface area contributed by atoms with Gasteiger partial charge in [0.2, 0.25) is 0 Å². The zero-order valence-corrected chi connectivity index (χ0v) is 7.08. The molecule has 0 radical (unpaired) electrons. The first-order valence-corrected chi connectivity index (χ1v) is 3.76. The second-order valence-corrected chi connectivity index (χ2v) is 2.55. The topological polar surface area (TPSA) is 76.2 Å². The molecule has 1 rings (SSSR count). The number of carbonyl (C=O) groups is 1. The van der Waals surface area contributed by atoms with Crippen molar-refractivity contribution in [2.75, 3.05) is 0 Å². The summed E-state index contributed by atoms with van der Waals surface area (Å²) in [7, 11) is 0. The summed E-state index contributed by atoms with van der Waals surface area (Å²) in [5.74, 6) is -0.794. The second-order valence-electron chi connectivity index (χ2n) is 2.55. The number of pyridine rings is 1. The summed E-state index contributed by atoms with van der Waals surface area (Å²) in [4.78, 5) is 13.8. The molecule has 0 bridgehead atoms. The number of nitrogens with zero attached hydrogens (tertiary/aromatic N) is 1. The first-order chi connectivity index (χ1) is 6.61. The van der Waals surface area contributed by atoms with Crippen LogP contribution in [0.5, 0.6) is 5.75 Å². The molecule has 1 aromatic heterocycles. The van der Waals surface area contributed by atoms with Crippen LogP contribution in [-0.2, 0) is 6.54 Å². The van der Waals surface area contributed by atoms with Crippen molar-refractivity contribution in [2.24, 2.45) is 5.73 Å². The average molecular weight is 202 g/mol. The van der Waals surface area contributed by atoms with Crippen LogP contribution in [0.2, 0.25) is 0 Å². The van der Waals surface area contributed by atoms with Gasteiger partial charge in [-0.1, -0.05) is 0 Å². The van der Waals surface area contributed by atoms with Crippen molar-refractivity contribution >= 4 is 6.29 Å². The number of nitrogens with two attached hydrogens (primary N) is 1. The van der Waals surface area contributed by atoms with Crippen LogP contribution in [0, 0.1) is 0 Å². The molecule has 3 N–H and O–H groups in total. The van der Waals surface area contributed by atoms with Crippen LogP contribution in [0.3, 0.4) is 0 Å². The average Bonchev–Trinajstić information content (AvgIpc) is 2.16. The van der Waals surface area contributed by atoms with E-state index in [9.17, 15) is 18.7 Å². The van der Waals surface area contributed by atoms with E-state index in [1.54, 1.807) is 0 Å². The summed E-state index contributed by atoms with van der Waals surface area (Å²) >= 11 is 0. The van der Waals surface area contributed by atoms with E-state index in [0.717, 1.165) is 6.20 Å². The molecule has 0 amide bonds. The lowest BCUT2D eigenvalue weighted by Crippen LogP contribution is -2.05. The Hall–Kier alpha value is -1.56. The highest BCUT2D eigenvalue weighted by atomic mass is 19.3. The predicted molar refractivity (Wildman–Crippen MR) is 44.1 cm³/mol. The maximum absolute atomic E-state index is 12.4. The van der Waals surface area contributed by atoms with Crippen LogP contribution >= 0.6 is 0 Å². The molecule has 4 nitrogen and oxygen atoms in total. The van der Waals surface area contributed by atoms with E-state index in [1.165, 1.54) is 0 Å². The monoisotopic (exact) mass is 202 g/mol. The highest BCUT2D eigenvalue weighted by Crippen LogP contribution is 2.32. The lowest BCUT2D eigenvalue weighted by Gasteiger charge is -2.09. The number of carbonyl (C=O) groups excluding carboxylic acids is 1. The van der Waals surface area contributed by atoms with Crippen molar-refractivity contribution in [1.29, 1.82) is 0 Å². The zero-order valence-electron chi connectivity index (χ0n) is 7.08. The van der Waals surface area contributed by atoms with E-state index in [-0.39, 0.29) is 18.4 Å². The van der Waals surface area contributed by atoms with E-state index in [0.29, 0.717) is 0 Å². The molecule has 0 aliphatic rings. The fourth-order valence-electron chi connectivity index (χ4n) is 1.06. The molecule has 0 spiro atoms. The van der Waals surface area contributed by atoms with Crippen molar-refractivity contribution in [2.45, 2.75) is 13.0 Å². The Morgan fingerprint density at radius 3 is 2.71 bits per heavy atom. The smallest absolute Gasteiger partial charge is 0.267 e. The normalized spacial score (nSPS) is 10.6. The largest absolute Gasteiger partial charge is 0.505 e. The van der Waals surface area contributed by atoms with Gasteiger partial charge in [-0.15, -0.1) is 0 Å². The summed E-state index contributed by atoms with van der Waals surface area (Å²) in [6.07, 6.45) is -1.61. The molecular formula is C8H8F2N2O2. The van der Waals surface area contributed by atoms with Crippen molar-refractivity contribution in [3.8, 4) is 5.75 Å². The second kappa shape index (κ2) is 4.10. The number of aromatic nitrogens is 1. The lowest BCUT2D eigenvalue weighted by molar-refractivity contribution is 0.111. The van der Waals surface area contributed by atoms with Crippen LogP contribution in [-0.4, -0.2) is 16.4 Å². The number of aldehydes is 1. The van der Waals surface area contributed by atoms with Gasteiger partial charge in [-0.3, -0.25) is 4.79 Å². The van der Waals surface area contributed by atoms with Gasteiger partial charge < -0.3 is 10.8 Å². The molecule has 0 unspecified atom stereocenters. The van der Waals surface area contributed by atoms with Crippen molar-refractivity contribution in [3.05, 3.63) is 23.0 Å². The summed E-state index contributed by atoms with van der Waals surface area (Å²) in [6.45, 7) is -0.167. The molecule has 0 atom stereocenters. The Bertz CT molecular complexity index is 355. The molecule has 14 heavy (non-hydrogen) atoms. The van der Waals surface area contributed by atoms with Crippen LogP contribution in [0.4, 0.5) is 8.78 Å². The van der Waals surface area contributed by atoms with E-state index in [1.807, 2.05) is 0 Å². The highest BCUT2D eigenvalue weighted by molar-refractivity contribution is 5.77. The molecule has 0 saturated heterocycles. The molecular weight excluding hydrogens is 194 g/mol. The molecule has 0 aliphatic heterocycles. The minimum absolute atomic E-state index is 0.0306. The van der Waals surface area contributed by atoms with Gasteiger partial charge in [0, 0.05) is 12.7 Å². The molecule has 76 valence electrons. The van der Waals surface area contributed by atoms with Gasteiger partial charge in [-0.25, -0.2) is 13.8 Å². The minimum Gasteiger partial charge on any atom is -0.505 e. The quantitative estimate of drug-likeness (QED) is 0.717. The molecule has 0 aliphatic carbocycles. The van der Waals surface area contributed by atoms with Gasteiger partial charge in [0.25, 0.3) is 6.43 Å². The fourth-order valence-corrected chi connectivity index (χ4v) is 1.06. The van der Waals surface area contributed by atoms with Gasteiger partial charge >= 0.3 is 0 Å².